The van der Waals surface area contributed by atoms with Crippen molar-refractivity contribution in [1.29, 1.82) is 0 Å². The maximum Gasteiger partial charge on any atom is 0.226 e. The molecule has 154 valence electrons. The second-order valence-corrected chi connectivity index (χ2v) is 8.05. The summed E-state index contributed by atoms with van der Waals surface area (Å²) in [6.45, 7) is 4.04. The van der Waals surface area contributed by atoms with E-state index in [0.29, 0.717) is 17.1 Å². The van der Waals surface area contributed by atoms with Crippen LogP contribution in [0.5, 0.6) is 5.75 Å². The number of rotatable bonds is 7. The zero-order chi connectivity index (χ0) is 21.1. The molecule has 4 rings (SSSR count). The first kappa shape index (κ1) is 20.2. The molecule has 0 saturated heterocycles. The first-order valence-corrected chi connectivity index (χ1v) is 10.8. The molecular weight excluding hydrogens is 396 g/mol. The molecule has 2 aromatic carbocycles. The van der Waals surface area contributed by atoms with Crippen molar-refractivity contribution >= 4 is 28.2 Å². The highest BCUT2D eigenvalue weighted by atomic mass is 32.1. The summed E-state index contributed by atoms with van der Waals surface area (Å²) < 4.78 is 11.3. The van der Waals surface area contributed by atoms with Crippen molar-refractivity contribution in [2.24, 2.45) is 0 Å². The fourth-order valence-electron chi connectivity index (χ4n) is 3.36. The Balaban J connectivity index is 1.41. The largest absolute Gasteiger partial charge is 0.493 e. The SMILES string of the molecule is CCc1ccc(-c2nc(CC(=O)NC(C)c3cc4cccc(OC)c4o3)cs2)cc1. The topological polar surface area (TPSA) is 64.4 Å². The molecule has 6 heteroatoms. The van der Waals surface area contributed by atoms with Crippen molar-refractivity contribution in [1.82, 2.24) is 10.3 Å². The number of amides is 1. The van der Waals surface area contributed by atoms with Crippen LogP contribution in [0.4, 0.5) is 0 Å². The minimum atomic E-state index is -0.255. The van der Waals surface area contributed by atoms with Crippen LogP contribution in [0.15, 0.2) is 58.3 Å². The molecule has 0 fully saturated rings. The zero-order valence-electron chi connectivity index (χ0n) is 17.3. The summed E-state index contributed by atoms with van der Waals surface area (Å²) in [6.07, 6.45) is 1.25. The van der Waals surface area contributed by atoms with Gasteiger partial charge in [-0.1, -0.05) is 43.3 Å². The number of thiazole rings is 1. The number of furan rings is 1. The normalized spacial score (nSPS) is 12.1. The number of nitrogens with one attached hydrogen (secondary N) is 1. The van der Waals surface area contributed by atoms with Gasteiger partial charge in [-0.25, -0.2) is 4.98 Å². The van der Waals surface area contributed by atoms with Crippen LogP contribution in [-0.4, -0.2) is 18.0 Å². The molecule has 0 spiro atoms. The van der Waals surface area contributed by atoms with Crippen molar-refractivity contribution in [3.63, 3.8) is 0 Å². The number of methoxy groups -OCH3 is 1. The predicted molar refractivity (Wildman–Crippen MR) is 120 cm³/mol. The number of hydrogen-bond donors (Lipinski definition) is 1. The number of ether oxygens (including phenoxy) is 1. The Hall–Kier alpha value is -3.12. The lowest BCUT2D eigenvalue weighted by Crippen LogP contribution is -2.27. The van der Waals surface area contributed by atoms with E-state index in [0.717, 1.165) is 28.1 Å². The van der Waals surface area contributed by atoms with Gasteiger partial charge in [0.1, 0.15) is 10.8 Å². The van der Waals surface area contributed by atoms with E-state index in [-0.39, 0.29) is 18.4 Å². The Labute approximate surface area is 179 Å². The van der Waals surface area contributed by atoms with Gasteiger partial charge in [0.15, 0.2) is 11.3 Å². The molecule has 30 heavy (non-hydrogen) atoms. The maximum atomic E-state index is 12.6. The van der Waals surface area contributed by atoms with Gasteiger partial charge in [0, 0.05) is 16.3 Å². The van der Waals surface area contributed by atoms with Crippen LogP contribution in [0.2, 0.25) is 0 Å². The third-order valence-corrected chi connectivity index (χ3v) is 5.99. The van der Waals surface area contributed by atoms with Crippen LogP contribution in [0.3, 0.4) is 0 Å². The molecule has 0 radical (unpaired) electrons. The summed E-state index contributed by atoms with van der Waals surface area (Å²) in [6, 6.07) is 15.8. The number of carbonyl (C=O) groups is 1. The third kappa shape index (κ3) is 4.24. The molecule has 1 N–H and O–H groups in total. The standard InChI is InChI=1S/C24H24N2O3S/c1-4-16-8-10-17(11-9-16)24-26-19(14-30-24)13-22(27)25-15(2)21-12-18-6-5-7-20(28-3)23(18)29-21/h5-12,14-15H,4,13H2,1-3H3,(H,25,27). The Bertz CT molecular complexity index is 1160. The molecule has 1 atom stereocenters. The smallest absolute Gasteiger partial charge is 0.226 e. The predicted octanol–water partition coefficient (Wildman–Crippen LogP) is 5.55. The van der Waals surface area contributed by atoms with E-state index in [2.05, 4.69) is 41.5 Å². The Kier molecular flexibility index (Phi) is 5.86. The number of hydrogen-bond acceptors (Lipinski definition) is 5. The van der Waals surface area contributed by atoms with Gasteiger partial charge >= 0.3 is 0 Å². The molecule has 2 aromatic heterocycles. The molecule has 2 heterocycles. The molecule has 4 aromatic rings. The average Bonchev–Trinajstić information content (AvgIpc) is 3.40. The Morgan fingerprint density at radius 2 is 2.03 bits per heavy atom. The number of para-hydroxylation sites is 1. The van der Waals surface area contributed by atoms with Crippen LogP contribution >= 0.6 is 11.3 Å². The lowest BCUT2D eigenvalue weighted by Gasteiger charge is -2.10. The average molecular weight is 421 g/mol. The highest BCUT2D eigenvalue weighted by molar-refractivity contribution is 7.13. The molecule has 5 nitrogen and oxygen atoms in total. The van der Waals surface area contributed by atoms with E-state index in [1.165, 1.54) is 5.56 Å². The highest BCUT2D eigenvalue weighted by Crippen LogP contribution is 2.31. The number of fused-ring (bicyclic) bond motifs is 1. The monoisotopic (exact) mass is 420 g/mol. The van der Waals surface area contributed by atoms with E-state index >= 15 is 0 Å². The molecule has 0 aliphatic rings. The summed E-state index contributed by atoms with van der Waals surface area (Å²) in [5.41, 5.74) is 3.83. The van der Waals surface area contributed by atoms with Gasteiger partial charge in [-0.05, 0) is 31.0 Å². The van der Waals surface area contributed by atoms with Gasteiger partial charge in [0.05, 0.1) is 25.3 Å². The van der Waals surface area contributed by atoms with E-state index in [9.17, 15) is 4.79 Å². The fraction of sp³-hybridized carbons (Fsp3) is 0.250. The lowest BCUT2D eigenvalue weighted by molar-refractivity contribution is -0.121. The summed E-state index contributed by atoms with van der Waals surface area (Å²) in [7, 11) is 1.61. The summed E-state index contributed by atoms with van der Waals surface area (Å²) in [5.74, 6) is 1.28. The number of aromatic nitrogens is 1. The minimum Gasteiger partial charge on any atom is -0.493 e. The first-order valence-electron chi connectivity index (χ1n) is 9.97. The second kappa shape index (κ2) is 8.71. The molecule has 1 unspecified atom stereocenters. The van der Waals surface area contributed by atoms with Crippen LogP contribution in [0.25, 0.3) is 21.5 Å². The second-order valence-electron chi connectivity index (χ2n) is 7.19. The van der Waals surface area contributed by atoms with Crippen LogP contribution in [0, 0.1) is 0 Å². The van der Waals surface area contributed by atoms with Crippen molar-refractivity contribution in [2.45, 2.75) is 32.7 Å². The lowest BCUT2D eigenvalue weighted by atomic mass is 10.1. The van der Waals surface area contributed by atoms with Crippen molar-refractivity contribution in [2.75, 3.05) is 7.11 Å². The van der Waals surface area contributed by atoms with Gasteiger partial charge < -0.3 is 14.5 Å². The summed E-state index contributed by atoms with van der Waals surface area (Å²) in [4.78, 5) is 17.2. The van der Waals surface area contributed by atoms with Gasteiger partial charge in [-0.2, -0.15) is 0 Å². The van der Waals surface area contributed by atoms with Gasteiger partial charge in [-0.15, -0.1) is 11.3 Å². The minimum absolute atomic E-state index is 0.0897. The van der Waals surface area contributed by atoms with Crippen LogP contribution < -0.4 is 10.1 Å². The molecule has 0 bridgehead atoms. The van der Waals surface area contributed by atoms with E-state index < -0.39 is 0 Å². The molecule has 0 saturated carbocycles. The highest BCUT2D eigenvalue weighted by Gasteiger charge is 2.17. The Morgan fingerprint density at radius 3 is 2.77 bits per heavy atom. The van der Waals surface area contributed by atoms with E-state index in [1.54, 1.807) is 18.4 Å². The van der Waals surface area contributed by atoms with E-state index in [4.69, 9.17) is 9.15 Å². The molecular formula is C24H24N2O3S. The zero-order valence-corrected chi connectivity index (χ0v) is 18.1. The summed E-state index contributed by atoms with van der Waals surface area (Å²) >= 11 is 1.56. The summed E-state index contributed by atoms with van der Waals surface area (Å²) in [5, 5.41) is 6.82. The molecule has 1 amide bonds. The van der Waals surface area contributed by atoms with Gasteiger partial charge in [0.2, 0.25) is 5.91 Å². The fourth-order valence-corrected chi connectivity index (χ4v) is 4.19. The Morgan fingerprint density at radius 1 is 1.23 bits per heavy atom. The number of aryl methyl sites for hydroxylation is 1. The van der Waals surface area contributed by atoms with Crippen LogP contribution in [-0.2, 0) is 17.6 Å². The van der Waals surface area contributed by atoms with Crippen molar-refractivity contribution in [3.05, 3.63) is 70.9 Å². The third-order valence-electron chi connectivity index (χ3n) is 5.05. The number of benzene rings is 2. The number of carbonyl (C=O) groups excluding carboxylic acids is 1. The van der Waals surface area contributed by atoms with Gasteiger partial charge in [-0.3, -0.25) is 4.79 Å². The van der Waals surface area contributed by atoms with E-state index in [1.807, 2.05) is 36.6 Å². The number of nitrogens with zero attached hydrogens (tertiary/aromatic N) is 1. The van der Waals surface area contributed by atoms with Crippen LogP contribution in [0.1, 0.15) is 36.9 Å². The molecule has 0 aliphatic carbocycles. The van der Waals surface area contributed by atoms with Crippen molar-refractivity contribution < 1.29 is 13.9 Å². The maximum absolute atomic E-state index is 12.6. The quantitative estimate of drug-likeness (QED) is 0.426. The molecule has 0 aliphatic heterocycles. The van der Waals surface area contributed by atoms with Crippen molar-refractivity contribution in [3.8, 4) is 16.3 Å². The van der Waals surface area contributed by atoms with Gasteiger partial charge in [0.25, 0.3) is 0 Å². The first-order chi connectivity index (χ1) is 14.6.